The number of rotatable bonds is 4. The third kappa shape index (κ3) is 2.48. The molecule has 0 aromatic rings. The van der Waals surface area contributed by atoms with Gasteiger partial charge in [-0.1, -0.05) is 13.3 Å². The zero-order chi connectivity index (χ0) is 7.45. The average molecular weight is 141 g/mol. The molecule has 1 heterocycles. The van der Waals surface area contributed by atoms with Crippen molar-refractivity contribution in [2.75, 3.05) is 13.2 Å². The third-order valence-corrected chi connectivity index (χ3v) is 1.60. The van der Waals surface area contributed by atoms with E-state index in [1.807, 2.05) is 6.21 Å². The first kappa shape index (κ1) is 7.73. The van der Waals surface area contributed by atoms with E-state index in [2.05, 4.69) is 18.8 Å². The summed E-state index contributed by atoms with van der Waals surface area (Å²) in [5, 5.41) is 0. The van der Waals surface area contributed by atoms with Gasteiger partial charge in [-0.15, -0.1) is 0 Å². The minimum absolute atomic E-state index is 0.00768. The third-order valence-electron chi connectivity index (χ3n) is 1.60. The normalized spacial score (nSPS) is 31.4. The average Bonchev–Trinajstić information content (AvgIpc) is 2.62. The molecule has 58 valence electrons. The lowest BCUT2D eigenvalue weighted by molar-refractivity contribution is 0.388. The van der Waals surface area contributed by atoms with Crippen molar-refractivity contribution in [3.8, 4) is 0 Å². The van der Waals surface area contributed by atoms with E-state index in [4.69, 9.17) is 4.74 Å². The summed E-state index contributed by atoms with van der Waals surface area (Å²) in [4.78, 5) is 4.24. The summed E-state index contributed by atoms with van der Waals surface area (Å²) in [6, 6.07) is 0. The molecule has 0 aromatic carbocycles. The molecule has 2 nitrogen and oxygen atoms in total. The van der Waals surface area contributed by atoms with E-state index in [1.54, 1.807) is 0 Å². The van der Waals surface area contributed by atoms with Crippen molar-refractivity contribution >= 4 is 6.21 Å². The van der Waals surface area contributed by atoms with E-state index in [9.17, 15) is 0 Å². The first-order valence-electron chi connectivity index (χ1n) is 3.92. The van der Waals surface area contributed by atoms with Gasteiger partial charge in [-0.05, 0) is 13.3 Å². The number of unbranched alkanes of at least 4 members (excludes halogenated alkanes) is 1. The summed E-state index contributed by atoms with van der Waals surface area (Å²) in [7, 11) is 0. The topological polar surface area (TPSA) is 24.9 Å². The number of ether oxygens (including phenoxy) is 1. The Bertz CT molecular complexity index is 127. The maximum Gasteiger partial charge on any atom is 0.123 e. The van der Waals surface area contributed by atoms with Gasteiger partial charge in [-0.25, -0.2) is 0 Å². The second kappa shape index (κ2) is 3.15. The Labute approximate surface area is 62.3 Å². The van der Waals surface area contributed by atoms with Gasteiger partial charge in [0.1, 0.15) is 5.60 Å². The summed E-state index contributed by atoms with van der Waals surface area (Å²) in [5.74, 6) is 0. The van der Waals surface area contributed by atoms with Crippen molar-refractivity contribution in [3.05, 3.63) is 0 Å². The quantitative estimate of drug-likeness (QED) is 0.332. The van der Waals surface area contributed by atoms with Crippen molar-refractivity contribution in [2.24, 2.45) is 4.99 Å². The molecule has 0 aliphatic carbocycles. The van der Waals surface area contributed by atoms with Gasteiger partial charge in [0.25, 0.3) is 0 Å². The van der Waals surface area contributed by atoms with E-state index in [0.717, 1.165) is 13.2 Å². The predicted octanol–water partition coefficient (Wildman–Crippen LogP) is 1.65. The number of hydrogen-bond donors (Lipinski definition) is 0. The summed E-state index contributed by atoms with van der Waals surface area (Å²) in [5.41, 5.74) is 0.00768. The zero-order valence-electron chi connectivity index (χ0n) is 6.76. The molecule has 1 unspecified atom stereocenters. The van der Waals surface area contributed by atoms with Gasteiger partial charge < -0.3 is 4.74 Å². The highest BCUT2D eigenvalue weighted by Crippen LogP contribution is 2.22. The molecule has 0 saturated carbocycles. The van der Waals surface area contributed by atoms with Crippen LogP contribution in [0.5, 0.6) is 0 Å². The summed E-state index contributed by atoms with van der Waals surface area (Å²) in [6.45, 7) is 6.03. The van der Waals surface area contributed by atoms with Gasteiger partial charge in [0.2, 0.25) is 0 Å². The summed E-state index contributed by atoms with van der Waals surface area (Å²) in [6.07, 6.45) is 4.34. The van der Waals surface area contributed by atoms with E-state index >= 15 is 0 Å². The maximum absolute atomic E-state index is 5.13. The molecule has 0 spiro atoms. The molecule has 0 radical (unpaired) electrons. The first-order valence-corrected chi connectivity index (χ1v) is 3.92. The second-order valence-corrected chi connectivity index (χ2v) is 2.99. The highest BCUT2D eigenvalue weighted by molar-refractivity contribution is 5.71. The van der Waals surface area contributed by atoms with E-state index in [1.165, 1.54) is 12.8 Å². The highest BCUT2D eigenvalue weighted by atomic mass is 16.6. The van der Waals surface area contributed by atoms with Crippen molar-refractivity contribution in [1.82, 2.24) is 0 Å². The highest BCUT2D eigenvalue weighted by Gasteiger charge is 2.36. The molecule has 0 N–H and O–H groups in total. The molecule has 1 atom stereocenters. The van der Waals surface area contributed by atoms with Gasteiger partial charge >= 0.3 is 0 Å². The van der Waals surface area contributed by atoms with E-state index in [-0.39, 0.29) is 5.60 Å². The minimum atomic E-state index is 0.00768. The van der Waals surface area contributed by atoms with Gasteiger partial charge in [-0.3, -0.25) is 4.99 Å². The van der Waals surface area contributed by atoms with Crippen LogP contribution < -0.4 is 0 Å². The largest absolute Gasteiger partial charge is 0.364 e. The van der Waals surface area contributed by atoms with E-state index < -0.39 is 0 Å². The van der Waals surface area contributed by atoms with Gasteiger partial charge in [0.05, 0.1) is 6.61 Å². The first-order chi connectivity index (χ1) is 4.77. The number of aliphatic imine (C=N–C) groups is 1. The monoisotopic (exact) mass is 141 g/mol. The predicted molar refractivity (Wildman–Crippen MR) is 42.6 cm³/mol. The number of nitrogens with zero attached hydrogens (tertiary/aromatic N) is 1. The van der Waals surface area contributed by atoms with Crippen LogP contribution in [0.25, 0.3) is 0 Å². The molecule has 1 rings (SSSR count). The smallest absolute Gasteiger partial charge is 0.123 e. The molecule has 1 aliphatic heterocycles. The Hall–Kier alpha value is -0.370. The van der Waals surface area contributed by atoms with Crippen LogP contribution in [0.4, 0.5) is 0 Å². The van der Waals surface area contributed by atoms with Gasteiger partial charge in [0.15, 0.2) is 0 Å². The van der Waals surface area contributed by atoms with Crippen LogP contribution in [0, 0.1) is 0 Å². The van der Waals surface area contributed by atoms with Gasteiger partial charge in [-0.2, -0.15) is 0 Å². The van der Waals surface area contributed by atoms with Crippen molar-refractivity contribution in [3.63, 3.8) is 0 Å². The van der Waals surface area contributed by atoms with Crippen LogP contribution in [-0.2, 0) is 4.74 Å². The van der Waals surface area contributed by atoms with E-state index in [0.29, 0.717) is 0 Å². The van der Waals surface area contributed by atoms with Crippen LogP contribution in [0.3, 0.4) is 0 Å². The Morgan fingerprint density at radius 2 is 2.40 bits per heavy atom. The SMILES string of the molecule is CCCCN=CC1(C)CO1. The minimum Gasteiger partial charge on any atom is -0.364 e. The molecular weight excluding hydrogens is 126 g/mol. The van der Waals surface area contributed by atoms with Crippen molar-refractivity contribution in [2.45, 2.75) is 32.3 Å². The van der Waals surface area contributed by atoms with Crippen LogP contribution in [0.1, 0.15) is 26.7 Å². The second-order valence-electron chi connectivity index (χ2n) is 2.99. The lowest BCUT2D eigenvalue weighted by Crippen LogP contribution is -2.05. The van der Waals surface area contributed by atoms with Crippen LogP contribution in [0.15, 0.2) is 4.99 Å². The van der Waals surface area contributed by atoms with Gasteiger partial charge in [0, 0.05) is 12.8 Å². The van der Waals surface area contributed by atoms with Crippen molar-refractivity contribution < 1.29 is 4.74 Å². The zero-order valence-corrected chi connectivity index (χ0v) is 6.76. The maximum atomic E-state index is 5.13. The molecule has 0 bridgehead atoms. The number of epoxide rings is 1. The fraction of sp³-hybridized carbons (Fsp3) is 0.875. The molecule has 1 fully saturated rings. The number of hydrogen-bond acceptors (Lipinski definition) is 2. The summed E-state index contributed by atoms with van der Waals surface area (Å²) >= 11 is 0. The lowest BCUT2D eigenvalue weighted by atomic mass is 10.2. The molecule has 1 aliphatic rings. The fourth-order valence-electron chi connectivity index (χ4n) is 0.695. The fourth-order valence-corrected chi connectivity index (χ4v) is 0.695. The van der Waals surface area contributed by atoms with Crippen LogP contribution >= 0.6 is 0 Å². The standard InChI is InChI=1S/C8H15NO/c1-3-4-5-9-6-8(2)7-10-8/h6H,3-5,7H2,1-2H3. The Balaban J connectivity index is 2.05. The van der Waals surface area contributed by atoms with Crippen LogP contribution in [0.2, 0.25) is 0 Å². The molecular formula is C8H15NO. The van der Waals surface area contributed by atoms with Crippen molar-refractivity contribution in [1.29, 1.82) is 0 Å². The summed E-state index contributed by atoms with van der Waals surface area (Å²) < 4.78 is 5.13. The lowest BCUT2D eigenvalue weighted by Gasteiger charge is -1.93. The molecule has 0 aromatic heterocycles. The Kier molecular flexibility index (Phi) is 2.44. The molecule has 1 saturated heterocycles. The molecule has 0 amide bonds. The molecule has 2 heteroatoms. The Morgan fingerprint density at radius 3 is 2.90 bits per heavy atom. The Morgan fingerprint density at radius 1 is 1.70 bits per heavy atom. The van der Waals surface area contributed by atoms with Crippen LogP contribution in [-0.4, -0.2) is 25.0 Å². The molecule has 10 heavy (non-hydrogen) atoms.